The van der Waals surface area contributed by atoms with Gasteiger partial charge in [0.05, 0.1) is 11.5 Å². The summed E-state index contributed by atoms with van der Waals surface area (Å²) in [4.78, 5) is 15.5. The molecular weight excluding hydrogens is 406 g/mol. The van der Waals surface area contributed by atoms with Gasteiger partial charge in [-0.05, 0) is 118 Å². The Balaban J connectivity index is 1.14. The molecule has 4 saturated carbocycles. The average Bonchev–Trinajstić information content (AvgIpc) is 3.33. The van der Waals surface area contributed by atoms with E-state index in [0.29, 0.717) is 17.2 Å². The predicted molar refractivity (Wildman–Crippen MR) is 132 cm³/mol. The van der Waals surface area contributed by atoms with Crippen LogP contribution in [0.3, 0.4) is 0 Å². The molecule has 1 aromatic rings. The summed E-state index contributed by atoms with van der Waals surface area (Å²) in [6, 6.07) is 10.4. The fourth-order valence-corrected chi connectivity index (χ4v) is 9.67. The minimum Gasteiger partial charge on any atom is -0.390 e. The number of carbonyl (C=O) groups excluding carboxylic acids is 1. The Bertz CT molecular complexity index is 881. The first-order chi connectivity index (χ1) is 15.9. The van der Waals surface area contributed by atoms with Gasteiger partial charge in [-0.3, -0.25) is 4.79 Å². The Morgan fingerprint density at radius 2 is 1.70 bits per heavy atom. The molecule has 1 heterocycles. The van der Waals surface area contributed by atoms with Crippen LogP contribution in [-0.2, 0) is 4.79 Å². The molecule has 5 fully saturated rings. The van der Waals surface area contributed by atoms with Crippen molar-refractivity contribution < 1.29 is 9.90 Å². The van der Waals surface area contributed by atoms with Crippen molar-refractivity contribution in [2.75, 3.05) is 13.1 Å². The highest BCUT2D eigenvalue weighted by Gasteiger charge is 2.57. The molecule has 6 rings (SSSR count). The van der Waals surface area contributed by atoms with Crippen LogP contribution in [0.5, 0.6) is 0 Å². The van der Waals surface area contributed by atoms with E-state index in [2.05, 4.69) is 43.0 Å². The molecule has 0 aromatic heterocycles. The first-order valence-electron chi connectivity index (χ1n) is 13.9. The second-order valence-electron chi connectivity index (χ2n) is 13.0. The largest absolute Gasteiger partial charge is 0.390 e. The molecule has 180 valence electrons. The Labute approximate surface area is 200 Å². The highest BCUT2D eigenvalue weighted by molar-refractivity contribution is 5.85. The highest BCUT2D eigenvalue weighted by atomic mass is 16.3. The number of amides is 1. The molecule has 0 bridgehead atoms. The third kappa shape index (κ3) is 3.68. The smallest absolute Gasteiger partial charge is 0.230 e. The van der Waals surface area contributed by atoms with Crippen LogP contribution in [0.25, 0.3) is 0 Å². The first kappa shape index (κ1) is 22.1. The lowest BCUT2D eigenvalue weighted by molar-refractivity contribution is -0.131. The summed E-state index contributed by atoms with van der Waals surface area (Å²) in [7, 11) is 0. The lowest BCUT2D eigenvalue weighted by Gasteiger charge is -2.57. The topological polar surface area (TPSA) is 40.5 Å². The Morgan fingerprint density at radius 3 is 2.52 bits per heavy atom. The molecule has 3 heteroatoms. The minimum atomic E-state index is -0.421. The number of nitrogens with zero attached hydrogens (tertiary/aromatic N) is 1. The zero-order valence-corrected chi connectivity index (χ0v) is 20.7. The molecular formula is C30H43NO2. The molecule has 1 aliphatic heterocycles. The van der Waals surface area contributed by atoms with Crippen LogP contribution in [0.2, 0.25) is 0 Å². The van der Waals surface area contributed by atoms with Gasteiger partial charge in [0.25, 0.3) is 0 Å². The predicted octanol–water partition coefficient (Wildman–Crippen LogP) is 6.02. The van der Waals surface area contributed by atoms with Gasteiger partial charge in [0.15, 0.2) is 0 Å². The molecule has 1 N–H and O–H groups in total. The summed E-state index contributed by atoms with van der Waals surface area (Å²) >= 11 is 0. The van der Waals surface area contributed by atoms with E-state index in [1.54, 1.807) is 0 Å². The Hall–Kier alpha value is -1.35. The maximum atomic E-state index is 13.3. The van der Waals surface area contributed by atoms with Crippen LogP contribution in [0.15, 0.2) is 30.3 Å². The van der Waals surface area contributed by atoms with Crippen molar-refractivity contribution in [2.45, 2.75) is 89.6 Å². The van der Waals surface area contributed by atoms with Crippen LogP contribution < -0.4 is 0 Å². The maximum absolute atomic E-state index is 13.3. The normalized spacial score (nSPS) is 47.2. The van der Waals surface area contributed by atoms with Crippen molar-refractivity contribution in [1.82, 2.24) is 4.90 Å². The SMILES string of the molecule is C[C@@]1(O)CC[C@H]2[C@H](CC[C@@H]3[C@@H]2CC[C@]2(C)[C@@H](CN4CC[C@H](c5ccccc5)C4=O)CC[C@@H]32)C1. The molecule has 1 saturated heterocycles. The van der Waals surface area contributed by atoms with Gasteiger partial charge in [0.2, 0.25) is 5.91 Å². The van der Waals surface area contributed by atoms with Gasteiger partial charge < -0.3 is 10.0 Å². The molecule has 0 spiro atoms. The van der Waals surface area contributed by atoms with Crippen LogP contribution in [0.4, 0.5) is 0 Å². The zero-order valence-electron chi connectivity index (χ0n) is 20.7. The van der Waals surface area contributed by atoms with E-state index < -0.39 is 5.60 Å². The molecule has 9 atom stereocenters. The third-order valence-electron chi connectivity index (χ3n) is 11.4. The molecule has 3 nitrogen and oxygen atoms in total. The second kappa shape index (κ2) is 8.11. The number of likely N-dealkylation sites (tertiary alicyclic amines) is 1. The standard InChI is InChI=1S/C30H43NO2/c1-29(33)15-12-23-21(18-29)8-10-26-25(23)13-16-30(2)22(9-11-27(26)30)19-31-17-14-24(28(31)32)20-6-4-3-5-7-20/h3-7,21-27,33H,8-19H2,1-2H3/t21-,22-,23+,24-,25-,26-,27+,29-,30-/m1/s1. The van der Waals surface area contributed by atoms with Crippen LogP contribution in [0.1, 0.15) is 89.5 Å². The quantitative estimate of drug-likeness (QED) is 0.613. The van der Waals surface area contributed by atoms with Gasteiger partial charge in [0.1, 0.15) is 0 Å². The lowest BCUT2D eigenvalue weighted by atomic mass is 9.49. The number of carbonyl (C=O) groups is 1. The summed E-state index contributed by atoms with van der Waals surface area (Å²) in [6.45, 7) is 6.59. The van der Waals surface area contributed by atoms with E-state index in [1.165, 1.54) is 50.5 Å². The van der Waals surface area contributed by atoms with Gasteiger partial charge in [-0.2, -0.15) is 0 Å². The van der Waals surface area contributed by atoms with E-state index >= 15 is 0 Å². The van der Waals surface area contributed by atoms with Crippen molar-refractivity contribution in [2.24, 2.45) is 40.9 Å². The Kier molecular flexibility index (Phi) is 5.44. The number of fused-ring (bicyclic) bond motifs is 5. The van der Waals surface area contributed by atoms with Crippen molar-refractivity contribution in [1.29, 1.82) is 0 Å². The average molecular weight is 450 g/mol. The number of benzene rings is 1. The monoisotopic (exact) mass is 449 g/mol. The van der Waals surface area contributed by atoms with Crippen molar-refractivity contribution >= 4 is 5.91 Å². The van der Waals surface area contributed by atoms with Crippen LogP contribution in [-0.4, -0.2) is 34.6 Å². The summed E-state index contributed by atoms with van der Waals surface area (Å²) in [5.41, 5.74) is 1.19. The van der Waals surface area contributed by atoms with Crippen LogP contribution >= 0.6 is 0 Å². The van der Waals surface area contributed by atoms with Crippen molar-refractivity contribution in [3.05, 3.63) is 35.9 Å². The molecule has 0 unspecified atom stereocenters. The van der Waals surface area contributed by atoms with Crippen LogP contribution in [0, 0.1) is 40.9 Å². The van der Waals surface area contributed by atoms with E-state index in [1.807, 2.05) is 6.07 Å². The molecule has 4 aliphatic carbocycles. The highest BCUT2D eigenvalue weighted by Crippen LogP contribution is 2.64. The molecule has 1 aromatic carbocycles. The lowest BCUT2D eigenvalue weighted by Crippen LogP contribution is -2.51. The van der Waals surface area contributed by atoms with Gasteiger partial charge >= 0.3 is 0 Å². The summed E-state index contributed by atoms with van der Waals surface area (Å²) in [6.07, 6.45) is 12.4. The maximum Gasteiger partial charge on any atom is 0.230 e. The van der Waals surface area contributed by atoms with Gasteiger partial charge in [-0.25, -0.2) is 0 Å². The molecule has 33 heavy (non-hydrogen) atoms. The number of hydrogen-bond acceptors (Lipinski definition) is 2. The van der Waals surface area contributed by atoms with Gasteiger partial charge in [-0.15, -0.1) is 0 Å². The first-order valence-corrected chi connectivity index (χ1v) is 13.9. The van der Waals surface area contributed by atoms with E-state index in [9.17, 15) is 9.90 Å². The number of hydrogen-bond donors (Lipinski definition) is 1. The van der Waals surface area contributed by atoms with Crippen molar-refractivity contribution in [3.8, 4) is 0 Å². The minimum absolute atomic E-state index is 0.0748. The molecule has 0 radical (unpaired) electrons. The molecule has 5 aliphatic rings. The van der Waals surface area contributed by atoms with E-state index in [4.69, 9.17) is 0 Å². The number of aliphatic hydroxyl groups is 1. The molecule has 1 amide bonds. The van der Waals surface area contributed by atoms with Crippen molar-refractivity contribution in [3.63, 3.8) is 0 Å². The summed E-state index contributed by atoms with van der Waals surface area (Å²) in [5, 5.41) is 10.7. The Morgan fingerprint density at radius 1 is 0.909 bits per heavy atom. The summed E-state index contributed by atoms with van der Waals surface area (Å²) < 4.78 is 0. The fourth-order valence-electron chi connectivity index (χ4n) is 9.67. The summed E-state index contributed by atoms with van der Waals surface area (Å²) in [5.74, 6) is 5.38. The van der Waals surface area contributed by atoms with E-state index in [0.717, 1.165) is 61.9 Å². The van der Waals surface area contributed by atoms with Gasteiger partial charge in [0, 0.05) is 13.1 Å². The number of rotatable bonds is 3. The fraction of sp³-hybridized carbons (Fsp3) is 0.767. The van der Waals surface area contributed by atoms with Gasteiger partial charge in [-0.1, -0.05) is 37.3 Å². The second-order valence-corrected chi connectivity index (χ2v) is 13.0. The third-order valence-corrected chi connectivity index (χ3v) is 11.4. The zero-order chi connectivity index (χ0) is 22.8. The van der Waals surface area contributed by atoms with E-state index in [-0.39, 0.29) is 5.92 Å².